The smallest absolute Gasteiger partial charge is 0.407 e. The van der Waals surface area contributed by atoms with E-state index in [2.05, 4.69) is 17.5 Å². The van der Waals surface area contributed by atoms with Gasteiger partial charge in [0.1, 0.15) is 11.7 Å². The van der Waals surface area contributed by atoms with E-state index in [1.807, 2.05) is 20.8 Å². The molecule has 0 saturated heterocycles. The van der Waals surface area contributed by atoms with Crippen LogP contribution in [-0.2, 0) is 10.2 Å². The van der Waals surface area contributed by atoms with Gasteiger partial charge >= 0.3 is 6.09 Å². The predicted molar refractivity (Wildman–Crippen MR) is 102 cm³/mol. The number of nitrogens with one attached hydrogen (secondary N) is 1. The third-order valence-corrected chi connectivity index (χ3v) is 5.02. The van der Waals surface area contributed by atoms with Crippen LogP contribution in [0, 0.1) is 0 Å². The average molecular weight is 373 g/mol. The normalized spacial score (nSPS) is 23.0. The molecule has 1 heterocycles. The monoisotopic (exact) mass is 373 g/mol. The van der Waals surface area contributed by atoms with E-state index in [1.165, 1.54) is 0 Å². The van der Waals surface area contributed by atoms with Crippen molar-refractivity contribution in [3.05, 3.63) is 35.4 Å². The predicted octanol–water partition coefficient (Wildman–Crippen LogP) is 3.77. The van der Waals surface area contributed by atoms with E-state index >= 15 is 0 Å². The Morgan fingerprint density at radius 3 is 2.85 bits per heavy atom. The first-order valence-corrected chi connectivity index (χ1v) is 9.28. The molecule has 0 saturated carbocycles. The summed E-state index contributed by atoms with van der Waals surface area (Å²) in [5.41, 5.74) is 0.436. The van der Waals surface area contributed by atoms with Gasteiger partial charge in [0, 0.05) is 17.7 Å². The number of rotatable bonds is 5. The second-order valence-corrected chi connectivity index (χ2v) is 7.98. The second-order valence-electron chi connectivity index (χ2n) is 7.98. The van der Waals surface area contributed by atoms with Crippen LogP contribution in [-0.4, -0.2) is 37.7 Å². The quantitative estimate of drug-likeness (QED) is 0.628. The molecule has 2 aliphatic rings. The third-order valence-electron chi connectivity index (χ3n) is 5.02. The third kappa shape index (κ3) is 3.66. The molecule has 0 bridgehead atoms. The van der Waals surface area contributed by atoms with Gasteiger partial charge in [-0.15, -0.1) is 0 Å². The topological polar surface area (TPSA) is 73.9 Å². The van der Waals surface area contributed by atoms with Crippen molar-refractivity contribution in [1.29, 1.82) is 0 Å². The number of carbonyl (C=O) groups excluding carboxylic acids is 2. The highest BCUT2D eigenvalue weighted by atomic mass is 16.6. The zero-order chi connectivity index (χ0) is 19.7. The molecular weight excluding hydrogens is 346 g/mol. The maximum atomic E-state index is 12.0. The summed E-state index contributed by atoms with van der Waals surface area (Å²) < 4.78 is 17.0. The van der Waals surface area contributed by atoms with Gasteiger partial charge in [-0.2, -0.15) is 0 Å². The molecule has 0 spiro atoms. The van der Waals surface area contributed by atoms with Crippen LogP contribution in [0.1, 0.15) is 56.0 Å². The van der Waals surface area contributed by atoms with Crippen molar-refractivity contribution in [2.45, 2.75) is 57.2 Å². The van der Waals surface area contributed by atoms with Gasteiger partial charge in [-0.3, -0.25) is 4.79 Å². The van der Waals surface area contributed by atoms with Gasteiger partial charge in [0.05, 0.1) is 12.5 Å². The summed E-state index contributed by atoms with van der Waals surface area (Å²) in [7, 11) is 1.59. The van der Waals surface area contributed by atoms with Crippen LogP contribution in [0.5, 0.6) is 11.5 Å². The fourth-order valence-corrected chi connectivity index (χ4v) is 3.95. The van der Waals surface area contributed by atoms with Gasteiger partial charge < -0.3 is 19.5 Å². The van der Waals surface area contributed by atoms with Crippen LogP contribution in [0.15, 0.2) is 24.3 Å². The first-order valence-electron chi connectivity index (χ1n) is 9.28. The van der Waals surface area contributed by atoms with Crippen molar-refractivity contribution in [3.63, 3.8) is 0 Å². The number of allylic oxidation sites excluding steroid dienone is 1. The fraction of sp³-hybridized carbons (Fsp3) is 0.524. The van der Waals surface area contributed by atoms with Crippen molar-refractivity contribution < 1.29 is 23.8 Å². The van der Waals surface area contributed by atoms with Crippen molar-refractivity contribution in [3.8, 4) is 11.5 Å². The molecule has 0 fully saturated rings. The molecule has 2 unspecified atom stereocenters. The summed E-state index contributed by atoms with van der Waals surface area (Å²) in [6, 6.07) is 3.53. The van der Waals surface area contributed by atoms with Gasteiger partial charge in [0.25, 0.3) is 0 Å². The van der Waals surface area contributed by atoms with Crippen molar-refractivity contribution >= 4 is 12.4 Å². The number of hydrogen-bond acceptors (Lipinski definition) is 5. The zero-order valence-corrected chi connectivity index (χ0v) is 16.3. The number of ether oxygens (including phenoxy) is 3. The number of benzene rings is 1. The van der Waals surface area contributed by atoms with Crippen LogP contribution >= 0.6 is 0 Å². The van der Waals surface area contributed by atoms with Crippen LogP contribution in [0.3, 0.4) is 0 Å². The molecule has 146 valence electrons. The highest BCUT2D eigenvalue weighted by Gasteiger charge is 2.50. The number of alkyl carbamates (subject to hydrolysis) is 1. The number of methoxy groups -OCH3 is 1. The summed E-state index contributed by atoms with van der Waals surface area (Å²) in [5, 5.41) is 2.82. The summed E-state index contributed by atoms with van der Waals surface area (Å²) in [6.45, 7) is 5.90. The maximum absolute atomic E-state index is 12.0. The minimum Gasteiger partial charge on any atom is -0.493 e. The molecule has 0 radical (unpaired) electrons. The summed E-state index contributed by atoms with van der Waals surface area (Å²) in [6.07, 6.45) is 6.93. The molecule has 6 heteroatoms. The van der Waals surface area contributed by atoms with Gasteiger partial charge in [-0.25, -0.2) is 4.79 Å². The number of carbonyl (C=O) groups is 2. The maximum Gasteiger partial charge on any atom is 0.407 e. The van der Waals surface area contributed by atoms with Gasteiger partial charge in [0.15, 0.2) is 17.8 Å². The number of hydrogen-bond donors (Lipinski definition) is 1. The van der Waals surface area contributed by atoms with E-state index in [-0.39, 0.29) is 6.10 Å². The van der Waals surface area contributed by atoms with E-state index in [1.54, 1.807) is 19.2 Å². The molecule has 1 aromatic carbocycles. The molecule has 6 nitrogen and oxygen atoms in total. The second kappa shape index (κ2) is 7.25. The zero-order valence-electron chi connectivity index (χ0n) is 16.3. The van der Waals surface area contributed by atoms with E-state index in [9.17, 15) is 9.59 Å². The Balaban J connectivity index is 1.88. The Morgan fingerprint density at radius 1 is 1.41 bits per heavy atom. The average Bonchev–Trinajstić information content (AvgIpc) is 2.95. The highest BCUT2D eigenvalue weighted by molar-refractivity contribution is 5.82. The molecule has 3 rings (SSSR count). The van der Waals surface area contributed by atoms with E-state index in [0.29, 0.717) is 30.0 Å². The molecule has 2 atom stereocenters. The Morgan fingerprint density at radius 2 is 2.19 bits per heavy atom. The molecule has 1 aromatic rings. The van der Waals surface area contributed by atoms with Crippen molar-refractivity contribution in [2.24, 2.45) is 0 Å². The van der Waals surface area contributed by atoms with E-state index in [0.717, 1.165) is 24.7 Å². The fourth-order valence-electron chi connectivity index (χ4n) is 3.95. The molecule has 1 aliphatic carbocycles. The lowest BCUT2D eigenvalue weighted by molar-refractivity contribution is 0.0519. The lowest BCUT2D eigenvalue weighted by Gasteiger charge is -2.35. The lowest BCUT2D eigenvalue weighted by Crippen LogP contribution is -2.42. The summed E-state index contributed by atoms with van der Waals surface area (Å²) >= 11 is 0. The minimum absolute atomic E-state index is 0.0899. The molecule has 1 amide bonds. The molecule has 1 N–H and O–H groups in total. The largest absolute Gasteiger partial charge is 0.493 e. The highest BCUT2D eigenvalue weighted by Crippen LogP contribution is 2.54. The molecular formula is C21H27NO5. The van der Waals surface area contributed by atoms with Crippen molar-refractivity contribution in [2.75, 3.05) is 13.7 Å². The van der Waals surface area contributed by atoms with Gasteiger partial charge in [0.2, 0.25) is 0 Å². The molecule has 0 aromatic heterocycles. The first kappa shape index (κ1) is 19.3. The van der Waals surface area contributed by atoms with E-state index in [4.69, 9.17) is 14.2 Å². The summed E-state index contributed by atoms with van der Waals surface area (Å²) in [5.74, 6) is 1.26. The number of amides is 1. The number of fused-ring (bicyclic) bond motifs is 3. The SMILES string of the molecule is COc1ccc(C=O)c2c1OC1CCC=CC21CCNC(=O)OC(C)(C)C. The first-order chi connectivity index (χ1) is 12.8. The van der Waals surface area contributed by atoms with Crippen LogP contribution in [0.2, 0.25) is 0 Å². The Labute approximate surface area is 159 Å². The van der Waals surface area contributed by atoms with Crippen LogP contribution < -0.4 is 14.8 Å². The lowest BCUT2D eigenvalue weighted by atomic mass is 9.69. The molecule has 1 aliphatic heterocycles. The minimum atomic E-state index is -0.545. The Hall–Kier alpha value is -2.50. The van der Waals surface area contributed by atoms with Crippen LogP contribution in [0.25, 0.3) is 0 Å². The van der Waals surface area contributed by atoms with Gasteiger partial charge in [-0.1, -0.05) is 12.2 Å². The molecule has 27 heavy (non-hydrogen) atoms. The Bertz CT molecular complexity index is 765. The van der Waals surface area contributed by atoms with Gasteiger partial charge in [-0.05, 0) is 52.2 Å². The van der Waals surface area contributed by atoms with E-state index < -0.39 is 17.1 Å². The standard InChI is InChI=1S/C21H27NO5/c1-20(2,3)27-19(24)22-12-11-21-10-6-5-7-16(21)26-18-15(25-4)9-8-14(13-23)17(18)21/h6,8-10,13,16H,5,7,11-12H2,1-4H3,(H,22,24). The number of aldehydes is 1. The van der Waals surface area contributed by atoms with Crippen molar-refractivity contribution in [1.82, 2.24) is 5.32 Å². The van der Waals surface area contributed by atoms with Crippen LogP contribution in [0.4, 0.5) is 4.79 Å². The Kier molecular flexibility index (Phi) is 5.18. The summed E-state index contributed by atoms with van der Waals surface area (Å²) in [4.78, 5) is 23.7.